The van der Waals surface area contributed by atoms with Crippen LogP contribution in [0.1, 0.15) is 38.3 Å². The summed E-state index contributed by atoms with van der Waals surface area (Å²) in [7, 11) is 3.08. The van der Waals surface area contributed by atoms with Gasteiger partial charge in [0.25, 0.3) is 5.56 Å². The number of carbonyl (C=O) groups is 1. The Labute approximate surface area is 204 Å². The molecule has 0 fully saturated rings. The fourth-order valence-electron chi connectivity index (χ4n) is 4.06. The van der Waals surface area contributed by atoms with E-state index in [-0.39, 0.29) is 30.1 Å². The zero-order valence-electron chi connectivity index (χ0n) is 20.1. The van der Waals surface area contributed by atoms with E-state index in [0.29, 0.717) is 21.6 Å². The number of ether oxygens (including phenoxy) is 1. The molecule has 3 heterocycles. The van der Waals surface area contributed by atoms with Crippen molar-refractivity contribution in [2.45, 2.75) is 39.0 Å². The predicted molar refractivity (Wildman–Crippen MR) is 132 cm³/mol. The van der Waals surface area contributed by atoms with Crippen LogP contribution in [0.5, 0.6) is 0 Å². The molecule has 4 rings (SSSR count). The van der Waals surface area contributed by atoms with Crippen molar-refractivity contribution in [2.75, 3.05) is 6.61 Å². The van der Waals surface area contributed by atoms with Gasteiger partial charge in [0.1, 0.15) is 11.4 Å². The highest BCUT2D eigenvalue weighted by atomic mass is 35.5. The molecule has 35 heavy (non-hydrogen) atoms. The van der Waals surface area contributed by atoms with Gasteiger partial charge in [-0.25, -0.2) is 19.1 Å². The molecule has 1 unspecified atom stereocenters. The van der Waals surface area contributed by atoms with Crippen molar-refractivity contribution in [1.29, 1.82) is 0 Å². The molecule has 0 bridgehead atoms. The summed E-state index contributed by atoms with van der Waals surface area (Å²) < 4.78 is 10.6. The Morgan fingerprint density at radius 2 is 1.91 bits per heavy atom. The second-order valence-electron chi connectivity index (χ2n) is 9.35. The SMILES string of the molecule is Cn1c(C(N)CO)nc2c1c(=O)n(Cc1cc3c(Cl)cccc3n1C(=O)OC(C)(C)C)c(=O)n2C. The summed E-state index contributed by atoms with van der Waals surface area (Å²) in [6.07, 6.45) is -0.660. The van der Waals surface area contributed by atoms with E-state index in [2.05, 4.69) is 4.98 Å². The highest BCUT2D eigenvalue weighted by Crippen LogP contribution is 2.28. The van der Waals surface area contributed by atoms with Crippen LogP contribution in [0, 0.1) is 0 Å². The van der Waals surface area contributed by atoms with Crippen LogP contribution < -0.4 is 17.0 Å². The number of benzene rings is 1. The molecule has 11 nitrogen and oxygen atoms in total. The van der Waals surface area contributed by atoms with E-state index in [1.165, 1.54) is 20.7 Å². The average molecular weight is 503 g/mol. The van der Waals surface area contributed by atoms with E-state index in [1.54, 1.807) is 52.1 Å². The third kappa shape index (κ3) is 4.15. The molecule has 3 aromatic heterocycles. The normalized spacial score (nSPS) is 13.0. The van der Waals surface area contributed by atoms with Gasteiger partial charge >= 0.3 is 11.8 Å². The number of hydrogen-bond acceptors (Lipinski definition) is 7. The number of imidazole rings is 1. The molecule has 0 saturated carbocycles. The molecule has 186 valence electrons. The first-order chi connectivity index (χ1) is 16.4. The van der Waals surface area contributed by atoms with Gasteiger partial charge in [0.05, 0.1) is 30.4 Å². The van der Waals surface area contributed by atoms with E-state index >= 15 is 0 Å². The summed E-state index contributed by atoms with van der Waals surface area (Å²) in [5, 5.41) is 10.4. The minimum Gasteiger partial charge on any atom is -0.443 e. The molecule has 0 amide bonds. The minimum atomic E-state index is -0.827. The quantitative estimate of drug-likeness (QED) is 0.434. The van der Waals surface area contributed by atoms with Gasteiger partial charge in [0.2, 0.25) is 0 Å². The van der Waals surface area contributed by atoms with Crippen molar-refractivity contribution in [3.05, 3.63) is 61.6 Å². The standard InChI is InChI=1S/C23H27ClN6O5/c1-23(2,3)35-22(34)30-12(9-13-14(24)7-6-8-16(13)30)10-29-20(32)17-19(28(5)21(29)33)26-18(27(17)4)15(25)11-31/h6-9,15,31H,10-11,25H2,1-5H3. The Kier molecular flexibility index (Phi) is 6.12. The highest BCUT2D eigenvalue weighted by molar-refractivity contribution is 6.35. The number of nitrogens with zero attached hydrogens (tertiary/aromatic N) is 5. The van der Waals surface area contributed by atoms with Crippen LogP contribution in [0.2, 0.25) is 5.02 Å². The Morgan fingerprint density at radius 1 is 1.23 bits per heavy atom. The molecule has 1 aromatic carbocycles. The van der Waals surface area contributed by atoms with Gasteiger partial charge in [-0.15, -0.1) is 0 Å². The molecule has 0 aliphatic rings. The molecule has 0 aliphatic carbocycles. The lowest BCUT2D eigenvalue weighted by Gasteiger charge is -2.21. The van der Waals surface area contributed by atoms with Crippen LogP contribution in [0.25, 0.3) is 22.1 Å². The molecule has 3 N–H and O–H groups in total. The number of aryl methyl sites for hydroxylation is 2. The highest BCUT2D eigenvalue weighted by Gasteiger charge is 2.25. The summed E-state index contributed by atoms with van der Waals surface area (Å²) in [6, 6.07) is 5.93. The zero-order valence-corrected chi connectivity index (χ0v) is 20.8. The number of aliphatic hydroxyl groups excluding tert-OH is 1. The largest absolute Gasteiger partial charge is 0.443 e. The monoisotopic (exact) mass is 502 g/mol. The average Bonchev–Trinajstić information content (AvgIpc) is 3.32. The number of carbonyl (C=O) groups excluding carboxylic acids is 1. The Bertz CT molecular complexity index is 1590. The summed E-state index contributed by atoms with van der Waals surface area (Å²) in [4.78, 5) is 44.1. The van der Waals surface area contributed by atoms with Crippen molar-refractivity contribution < 1.29 is 14.6 Å². The molecule has 0 saturated heterocycles. The summed E-state index contributed by atoms with van der Waals surface area (Å²) in [5.41, 5.74) is 5.04. The Balaban J connectivity index is 1.96. The maximum Gasteiger partial charge on any atom is 0.419 e. The molecule has 12 heteroatoms. The van der Waals surface area contributed by atoms with Gasteiger partial charge in [-0.1, -0.05) is 17.7 Å². The van der Waals surface area contributed by atoms with Crippen molar-refractivity contribution >= 4 is 39.8 Å². The second-order valence-corrected chi connectivity index (χ2v) is 9.75. The Morgan fingerprint density at radius 3 is 2.54 bits per heavy atom. The molecule has 4 aromatic rings. The third-order valence-electron chi connectivity index (χ3n) is 5.69. The van der Waals surface area contributed by atoms with Gasteiger partial charge in [-0.3, -0.25) is 13.9 Å². The van der Waals surface area contributed by atoms with Crippen LogP contribution in [0.3, 0.4) is 0 Å². The topological polar surface area (TPSA) is 139 Å². The number of hydrogen-bond donors (Lipinski definition) is 2. The molecular formula is C23H27ClN6O5. The van der Waals surface area contributed by atoms with Crippen LogP contribution in [-0.4, -0.2) is 46.7 Å². The number of aliphatic hydroxyl groups is 1. The molecule has 0 radical (unpaired) electrons. The maximum atomic E-state index is 13.5. The van der Waals surface area contributed by atoms with Gasteiger partial charge in [0.15, 0.2) is 11.2 Å². The first-order valence-electron chi connectivity index (χ1n) is 10.9. The van der Waals surface area contributed by atoms with Gasteiger partial charge in [-0.05, 0) is 39.0 Å². The fraction of sp³-hybridized carbons (Fsp3) is 0.391. The van der Waals surface area contributed by atoms with E-state index in [4.69, 9.17) is 22.1 Å². The maximum absolute atomic E-state index is 13.5. The van der Waals surface area contributed by atoms with Gasteiger partial charge in [-0.2, -0.15) is 0 Å². The van der Waals surface area contributed by atoms with Crippen molar-refractivity contribution in [1.82, 2.24) is 23.3 Å². The minimum absolute atomic E-state index is 0.143. The van der Waals surface area contributed by atoms with Gasteiger partial charge < -0.3 is 20.1 Å². The molecule has 0 spiro atoms. The van der Waals surface area contributed by atoms with E-state index < -0.39 is 29.0 Å². The number of aromatic nitrogens is 5. The lowest BCUT2D eigenvalue weighted by atomic mass is 10.2. The van der Waals surface area contributed by atoms with Crippen LogP contribution in [0.4, 0.5) is 4.79 Å². The summed E-state index contributed by atoms with van der Waals surface area (Å²) in [6.45, 7) is 4.63. The first-order valence-corrected chi connectivity index (χ1v) is 11.3. The van der Waals surface area contributed by atoms with E-state index in [0.717, 1.165) is 4.57 Å². The molecule has 1 atom stereocenters. The lowest BCUT2D eigenvalue weighted by Crippen LogP contribution is -2.40. The molecule has 0 aliphatic heterocycles. The van der Waals surface area contributed by atoms with Crippen LogP contribution in [-0.2, 0) is 25.4 Å². The fourth-order valence-corrected chi connectivity index (χ4v) is 4.29. The third-order valence-corrected chi connectivity index (χ3v) is 6.02. The summed E-state index contributed by atoms with van der Waals surface area (Å²) >= 11 is 6.37. The van der Waals surface area contributed by atoms with Crippen LogP contribution >= 0.6 is 11.6 Å². The smallest absolute Gasteiger partial charge is 0.419 e. The number of halogens is 1. The second kappa shape index (κ2) is 8.67. The predicted octanol–water partition coefficient (Wildman–Crippen LogP) is 1.87. The first kappa shape index (κ1) is 24.7. The van der Waals surface area contributed by atoms with Crippen molar-refractivity contribution in [3.63, 3.8) is 0 Å². The van der Waals surface area contributed by atoms with Crippen LogP contribution in [0.15, 0.2) is 33.9 Å². The molecular weight excluding hydrogens is 476 g/mol. The van der Waals surface area contributed by atoms with E-state index in [1.807, 2.05) is 0 Å². The van der Waals surface area contributed by atoms with Crippen molar-refractivity contribution in [3.8, 4) is 0 Å². The summed E-state index contributed by atoms with van der Waals surface area (Å²) in [5.74, 6) is 0.266. The number of rotatable bonds is 4. The number of fused-ring (bicyclic) bond motifs is 2. The van der Waals surface area contributed by atoms with Gasteiger partial charge in [0, 0.05) is 24.5 Å². The van der Waals surface area contributed by atoms with Crippen molar-refractivity contribution in [2.24, 2.45) is 19.8 Å². The zero-order chi connectivity index (χ0) is 25.8. The Hall–Kier alpha value is -3.41. The van der Waals surface area contributed by atoms with E-state index in [9.17, 15) is 19.5 Å². The lowest BCUT2D eigenvalue weighted by molar-refractivity contribution is 0.0540. The number of nitrogens with two attached hydrogens (primary N) is 1.